The normalized spacial score (nSPS) is 23.9. The predicted molar refractivity (Wildman–Crippen MR) is 109 cm³/mol. The standard InChI is InChI=1S/C22H42O5/c1-2-3-4-5-6-7-8-9-10-11-12-13-14-15-16-26-22-20(25)18-27-21(22)19(24)17-23/h15-16,19-25H,2-14,17-18H2,1H3/b16-15+/t19-,20+,21+,22+/m0/s1. The quantitative estimate of drug-likeness (QED) is 0.259. The highest BCUT2D eigenvalue weighted by atomic mass is 16.6. The third-order valence-electron chi connectivity index (χ3n) is 5.29. The molecule has 1 heterocycles. The molecule has 1 aliphatic rings. The first-order valence-corrected chi connectivity index (χ1v) is 11.1. The van der Waals surface area contributed by atoms with Gasteiger partial charge in [-0.2, -0.15) is 0 Å². The molecule has 0 radical (unpaired) electrons. The van der Waals surface area contributed by atoms with E-state index in [1.54, 1.807) is 6.26 Å². The summed E-state index contributed by atoms with van der Waals surface area (Å²) in [6.07, 6.45) is 17.5. The Hall–Kier alpha value is -0.620. The zero-order valence-electron chi connectivity index (χ0n) is 17.2. The number of rotatable bonds is 17. The Kier molecular flexibility index (Phi) is 14.8. The van der Waals surface area contributed by atoms with E-state index in [0.29, 0.717) is 0 Å². The van der Waals surface area contributed by atoms with Gasteiger partial charge < -0.3 is 24.8 Å². The molecule has 0 unspecified atom stereocenters. The SMILES string of the molecule is CCCCCCCCCCCCCC/C=C/O[C@H]1[C@@H]([C@@H](O)CO)OC[C@H]1O. The zero-order valence-corrected chi connectivity index (χ0v) is 17.2. The van der Waals surface area contributed by atoms with Crippen LogP contribution in [0.4, 0.5) is 0 Å². The third kappa shape index (κ3) is 11.1. The maximum absolute atomic E-state index is 9.84. The number of unbranched alkanes of at least 4 members (excludes halogenated alkanes) is 12. The molecule has 1 rings (SSSR count). The molecule has 0 amide bonds. The summed E-state index contributed by atoms with van der Waals surface area (Å²) in [5.41, 5.74) is 0. The van der Waals surface area contributed by atoms with Crippen molar-refractivity contribution in [3.05, 3.63) is 12.3 Å². The summed E-state index contributed by atoms with van der Waals surface area (Å²) >= 11 is 0. The van der Waals surface area contributed by atoms with Gasteiger partial charge in [0, 0.05) is 0 Å². The molecule has 1 saturated heterocycles. The van der Waals surface area contributed by atoms with Crippen molar-refractivity contribution >= 4 is 0 Å². The minimum atomic E-state index is -1.03. The van der Waals surface area contributed by atoms with Gasteiger partial charge in [0.25, 0.3) is 0 Å². The fourth-order valence-electron chi connectivity index (χ4n) is 3.54. The number of aliphatic hydroxyl groups excluding tert-OH is 3. The van der Waals surface area contributed by atoms with Gasteiger partial charge in [-0.05, 0) is 18.9 Å². The lowest BCUT2D eigenvalue weighted by atomic mass is 10.0. The van der Waals surface area contributed by atoms with Crippen LogP contribution >= 0.6 is 0 Å². The van der Waals surface area contributed by atoms with E-state index in [9.17, 15) is 10.2 Å². The summed E-state index contributed by atoms with van der Waals surface area (Å²) < 4.78 is 10.8. The van der Waals surface area contributed by atoms with Gasteiger partial charge in [0.2, 0.25) is 0 Å². The highest BCUT2D eigenvalue weighted by Crippen LogP contribution is 2.21. The fourth-order valence-corrected chi connectivity index (χ4v) is 3.54. The minimum absolute atomic E-state index is 0.124. The van der Waals surface area contributed by atoms with Crippen molar-refractivity contribution in [1.82, 2.24) is 0 Å². The van der Waals surface area contributed by atoms with Crippen molar-refractivity contribution in [3.63, 3.8) is 0 Å². The number of hydrogen-bond donors (Lipinski definition) is 3. The van der Waals surface area contributed by atoms with Crippen LogP contribution in [0.3, 0.4) is 0 Å². The molecule has 0 bridgehead atoms. The molecule has 0 aromatic carbocycles. The Morgan fingerprint density at radius 2 is 1.52 bits per heavy atom. The van der Waals surface area contributed by atoms with Crippen LogP contribution in [-0.4, -0.2) is 52.9 Å². The molecule has 0 aliphatic carbocycles. The first kappa shape index (κ1) is 24.4. The van der Waals surface area contributed by atoms with Crippen LogP contribution in [0.1, 0.15) is 90.4 Å². The van der Waals surface area contributed by atoms with Crippen LogP contribution in [-0.2, 0) is 9.47 Å². The Labute approximate surface area is 165 Å². The molecule has 5 heteroatoms. The van der Waals surface area contributed by atoms with E-state index >= 15 is 0 Å². The van der Waals surface area contributed by atoms with Crippen LogP contribution in [0, 0.1) is 0 Å². The largest absolute Gasteiger partial charge is 0.493 e. The Balaban J connectivity index is 1.93. The maximum atomic E-state index is 9.84. The number of aliphatic hydroxyl groups is 3. The smallest absolute Gasteiger partial charge is 0.154 e. The van der Waals surface area contributed by atoms with E-state index in [-0.39, 0.29) is 6.61 Å². The van der Waals surface area contributed by atoms with Gasteiger partial charge in [-0.15, -0.1) is 0 Å². The summed E-state index contributed by atoms with van der Waals surface area (Å²) in [4.78, 5) is 0. The molecule has 0 saturated carbocycles. The van der Waals surface area contributed by atoms with Gasteiger partial charge in [-0.3, -0.25) is 0 Å². The van der Waals surface area contributed by atoms with E-state index in [2.05, 4.69) is 6.92 Å². The maximum Gasteiger partial charge on any atom is 0.154 e. The summed E-state index contributed by atoms with van der Waals surface area (Å²) in [6.45, 7) is 1.98. The fraction of sp³-hybridized carbons (Fsp3) is 0.909. The Morgan fingerprint density at radius 1 is 0.963 bits per heavy atom. The van der Waals surface area contributed by atoms with Gasteiger partial charge in [0.15, 0.2) is 6.10 Å². The van der Waals surface area contributed by atoms with Gasteiger partial charge in [-0.1, -0.05) is 77.6 Å². The molecule has 1 aliphatic heterocycles. The van der Waals surface area contributed by atoms with E-state index in [0.717, 1.165) is 12.8 Å². The molecular formula is C22H42O5. The number of hydrogen-bond acceptors (Lipinski definition) is 5. The molecule has 5 nitrogen and oxygen atoms in total. The highest BCUT2D eigenvalue weighted by Gasteiger charge is 2.41. The molecule has 0 aromatic heterocycles. The van der Waals surface area contributed by atoms with Crippen LogP contribution in [0.15, 0.2) is 12.3 Å². The van der Waals surface area contributed by atoms with Gasteiger partial charge in [-0.25, -0.2) is 0 Å². The van der Waals surface area contributed by atoms with Crippen LogP contribution in [0.5, 0.6) is 0 Å². The van der Waals surface area contributed by atoms with E-state index in [1.165, 1.54) is 70.6 Å². The predicted octanol–water partition coefficient (Wildman–Crippen LogP) is 4.09. The highest BCUT2D eigenvalue weighted by molar-refractivity contribution is 4.91. The van der Waals surface area contributed by atoms with Crippen molar-refractivity contribution in [2.75, 3.05) is 13.2 Å². The Bertz CT molecular complexity index is 361. The summed E-state index contributed by atoms with van der Waals surface area (Å²) in [5.74, 6) is 0. The first-order chi connectivity index (χ1) is 13.2. The number of ether oxygens (including phenoxy) is 2. The van der Waals surface area contributed by atoms with E-state index in [4.69, 9.17) is 14.6 Å². The second-order valence-electron chi connectivity index (χ2n) is 7.77. The first-order valence-electron chi connectivity index (χ1n) is 11.1. The lowest BCUT2D eigenvalue weighted by Gasteiger charge is -2.22. The summed E-state index contributed by atoms with van der Waals surface area (Å²) in [5, 5.41) is 28.5. The second kappa shape index (κ2) is 16.3. The van der Waals surface area contributed by atoms with Crippen molar-refractivity contribution < 1.29 is 24.8 Å². The lowest BCUT2D eigenvalue weighted by Crippen LogP contribution is -2.41. The monoisotopic (exact) mass is 386 g/mol. The molecule has 4 atom stereocenters. The summed E-state index contributed by atoms with van der Waals surface area (Å²) in [7, 11) is 0. The minimum Gasteiger partial charge on any atom is -0.493 e. The van der Waals surface area contributed by atoms with Crippen molar-refractivity contribution in [1.29, 1.82) is 0 Å². The number of allylic oxidation sites excluding steroid dienone is 1. The van der Waals surface area contributed by atoms with E-state index in [1.807, 2.05) is 6.08 Å². The van der Waals surface area contributed by atoms with Crippen molar-refractivity contribution in [2.45, 2.75) is 115 Å². The molecule has 160 valence electrons. The molecule has 0 spiro atoms. The van der Waals surface area contributed by atoms with Crippen LogP contribution in [0.25, 0.3) is 0 Å². The average molecular weight is 387 g/mol. The zero-order chi connectivity index (χ0) is 19.7. The van der Waals surface area contributed by atoms with Gasteiger partial charge >= 0.3 is 0 Å². The average Bonchev–Trinajstić information content (AvgIpc) is 3.04. The Morgan fingerprint density at radius 3 is 2.07 bits per heavy atom. The third-order valence-corrected chi connectivity index (χ3v) is 5.29. The summed E-state index contributed by atoms with van der Waals surface area (Å²) in [6, 6.07) is 0. The molecule has 3 N–H and O–H groups in total. The lowest BCUT2D eigenvalue weighted by molar-refractivity contribution is -0.0721. The van der Waals surface area contributed by atoms with Gasteiger partial charge in [0.05, 0.1) is 19.5 Å². The molecule has 27 heavy (non-hydrogen) atoms. The molecule has 0 aromatic rings. The molecule has 1 fully saturated rings. The van der Waals surface area contributed by atoms with Crippen LogP contribution in [0.2, 0.25) is 0 Å². The van der Waals surface area contributed by atoms with Crippen LogP contribution < -0.4 is 0 Å². The van der Waals surface area contributed by atoms with Crippen molar-refractivity contribution in [3.8, 4) is 0 Å². The topological polar surface area (TPSA) is 79.2 Å². The van der Waals surface area contributed by atoms with E-state index < -0.39 is 31.0 Å². The second-order valence-corrected chi connectivity index (χ2v) is 7.77. The molecular weight excluding hydrogens is 344 g/mol. The van der Waals surface area contributed by atoms with Gasteiger partial charge in [0.1, 0.15) is 18.3 Å². The van der Waals surface area contributed by atoms with Crippen molar-refractivity contribution in [2.24, 2.45) is 0 Å².